The van der Waals surface area contributed by atoms with Crippen molar-refractivity contribution in [3.63, 3.8) is 0 Å². The van der Waals surface area contributed by atoms with Crippen LogP contribution in [0.4, 0.5) is 5.69 Å². The Morgan fingerprint density at radius 2 is 1.68 bits per heavy atom. The number of rotatable bonds is 9. The Morgan fingerprint density at radius 1 is 1.09 bits per heavy atom. The van der Waals surface area contributed by atoms with Crippen LogP contribution < -0.4 is 4.90 Å². The fraction of sp³-hybridized carbons (Fsp3) is 0.611. The van der Waals surface area contributed by atoms with Crippen molar-refractivity contribution < 1.29 is 9.90 Å². The molecule has 0 fully saturated rings. The Bertz CT molecular complexity index is 455. The van der Waals surface area contributed by atoms with Crippen molar-refractivity contribution in [2.24, 2.45) is 5.92 Å². The van der Waals surface area contributed by atoms with Crippen LogP contribution in [0.25, 0.3) is 0 Å². The summed E-state index contributed by atoms with van der Waals surface area (Å²) >= 11 is 0. The van der Waals surface area contributed by atoms with Crippen molar-refractivity contribution in [1.82, 2.24) is 4.90 Å². The van der Waals surface area contributed by atoms with Crippen LogP contribution in [0.1, 0.15) is 38.7 Å². The van der Waals surface area contributed by atoms with Gasteiger partial charge >= 0.3 is 5.97 Å². The molecule has 22 heavy (non-hydrogen) atoms. The van der Waals surface area contributed by atoms with Crippen LogP contribution >= 0.6 is 0 Å². The molecule has 1 rings (SSSR count). The van der Waals surface area contributed by atoms with Crippen molar-refractivity contribution in [3.8, 4) is 0 Å². The largest absolute Gasteiger partial charge is 0.481 e. The van der Waals surface area contributed by atoms with E-state index in [0.717, 1.165) is 25.2 Å². The van der Waals surface area contributed by atoms with E-state index in [1.54, 1.807) is 6.92 Å². The monoisotopic (exact) mass is 306 g/mol. The molecule has 0 amide bonds. The molecule has 0 radical (unpaired) electrons. The maximum atomic E-state index is 11.2. The summed E-state index contributed by atoms with van der Waals surface area (Å²) in [4.78, 5) is 15.5. The molecule has 4 nitrogen and oxygen atoms in total. The molecule has 0 aromatic heterocycles. The highest BCUT2D eigenvalue weighted by Gasteiger charge is 2.16. The number of hydrogen-bond donors (Lipinski definition) is 1. The van der Waals surface area contributed by atoms with E-state index >= 15 is 0 Å². The second-order valence-corrected chi connectivity index (χ2v) is 6.59. The molecule has 0 heterocycles. The molecular formula is C18H30N2O2. The maximum absolute atomic E-state index is 11.2. The van der Waals surface area contributed by atoms with Crippen LogP contribution in [0.3, 0.4) is 0 Å². The van der Waals surface area contributed by atoms with Crippen molar-refractivity contribution in [1.29, 1.82) is 0 Å². The number of hydrogen-bond acceptors (Lipinski definition) is 3. The highest BCUT2D eigenvalue weighted by Crippen LogP contribution is 2.21. The first kappa shape index (κ1) is 18.5. The molecule has 1 aromatic carbocycles. The number of carboxylic acid groups (broad SMARTS) is 1. The first-order valence-electron chi connectivity index (χ1n) is 8.03. The van der Waals surface area contributed by atoms with E-state index < -0.39 is 5.97 Å². The fourth-order valence-electron chi connectivity index (χ4n) is 2.38. The maximum Gasteiger partial charge on any atom is 0.308 e. The van der Waals surface area contributed by atoms with E-state index in [1.165, 1.54) is 5.56 Å². The summed E-state index contributed by atoms with van der Waals surface area (Å²) in [6.07, 6.45) is 1.02. The molecule has 1 aromatic rings. The third kappa shape index (κ3) is 6.06. The van der Waals surface area contributed by atoms with Gasteiger partial charge in [0.25, 0.3) is 0 Å². The van der Waals surface area contributed by atoms with Gasteiger partial charge in [-0.2, -0.15) is 0 Å². The summed E-state index contributed by atoms with van der Waals surface area (Å²) in [5, 5.41) is 9.17. The normalized spacial score (nSPS) is 12.7. The van der Waals surface area contributed by atoms with Gasteiger partial charge in [-0.3, -0.25) is 4.79 Å². The minimum absolute atomic E-state index is 0.371. The Hall–Kier alpha value is -1.55. The summed E-state index contributed by atoms with van der Waals surface area (Å²) in [5.41, 5.74) is 2.42. The molecule has 0 aliphatic heterocycles. The first-order valence-corrected chi connectivity index (χ1v) is 8.03. The second-order valence-electron chi connectivity index (χ2n) is 6.59. The fourth-order valence-corrected chi connectivity index (χ4v) is 2.38. The average molecular weight is 306 g/mol. The average Bonchev–Trinajstić information content (AvgIpc) is 2.45. The van der Waals surface area contributed by atoms with Crippen molar-refractivity contribution in [2.45, 2.75) is 33.1 Å². The number of carbonyl (C=O) groups is 1. The zero-order valence-electron chi connectivity index (χ0n) is 14.5. The van der Waals surface area contributed by atoms with Crippen LogP contribution in [0.2, 0.25) is 0 Å². The van der Waals surface area contributed by atoms with Crippen LogP contribution in [0, 0.1) is 5.92 Å². The van der Waals surface area contributed by atoms with Gasteiger partial charge in [0.1, 0.15) is 0 Å². The summed E-state index contributed by atoms with van der Waals surface area (Å²) < 4.78 is 0. The van der Waals surface area contributed by atoms with E-state index in [-0.39, 0.29) is 5.92 Å². The highest BCUT2D eigenvalue weighted by molar-refractivity contribution is 5.70. The number of anilines is 1. The van der Waals surface area contributed by atoms with Gasteiger partial charge in [-0.05, 0) is 50.7 Å². The van der Waals surface area contributed by atoms with Gasteiger partial charge in [-0.15, -0.1) is 0 Å². The van der Waals surface area contributed by atoms with E-state index in [4.69, 9.17) is 0 Å². The molecule has 0 aliphatic rings. The van der Waals surface area contributed by atoms with Gasteiger partial charge in [0.2, 0.25) is 0 Å². The topological polar surface area (TPSA) is 43.8 Å². The van der Waals surface area contributed by atoms with E-state index in [1.807, 2.05) is 0 Å². The molecule has 0 spiro atoms. The van der Waals surface area contributed by atoms with Crippen LogP contribution in [0.5, 0.6) is 0 Å². The van der Waals surface area contributed by atoms with Gasteiger partial charge in [-0.25, -0.2) is 0 Å². The van der Waals surface area contributed by atoms with Crippen molar-refractivity contribution >= 4 is 11.7 Å². The molecule has 124 valence electrons. The number of carboxylic acids is 1. The smallest absolute Gasteiger partial charge is 0.308 e. The summed E-state index contributed by atoms with van der Waals surface area (Å²) in [7, 11) is 4.11. The zero-order valence-corrected chi connectivity index (χ0v) is 14.5. The molecule has 0 saturated heterocycles. The lowest BCUT2D eigenvalue weighted by molar-refractivity contribution is -0.140. The third-order valence-corrected chi connectivity index (χ3v) is 3.87. The molecule has 1 N–H and O–H groups in total. The second kappa shape index (κ2) is 8.79. The Kier molecular flexibility index (Phi) is 7.39. The summed E-state index contributed by atoms with van der Waals surface area (Å²) in [5.74, 6) is -0.602. The molecule has 0 aliphatic carbocycles. The van der Waals surface area contributed by atoms with Gasteiger partial charge in [0.15, 0.2) is 0 Å². The Labute approximate surface area is 134 Å². The first-order chi connectivity index (χ1) is 10.3. The third-order valence-electron chi connectivity index (χ3n) is 3.87. The lowest BCUT2D eigenvalue weighted by atomic mass is 10.0. The molecule has 0 bridgehead atoms. The minimum atomic E-state index is -0.739. The Balaban J connectivity index is 2.80. The number of nitrogens with zero attached hydrogens (tertiary/aromatic N) is 2. The van der Waals surface area contributed by atoms with Gasteiger partial charge < -0.3 is 14.9 Å². The standard InChI is InChI=1S/C18H30N2O2/c1-14(2)16-7-9-17(10-8-16)20(12-6-11-19(4)5)13-15(3)18(21)22/h7-10,14-15H,6,11-13H2,1-5H3,(H,21,22). The SMILES string of the molecule is CC(CN(CCCN(C)C)c1ccc(C(C)C)cc1)C(=O)O. The molecule has 4 heteroatoms. The summed E-state index contributed by atoms with van der Waals surface area (Å²) in [6, 6.07) is 8.51. The quantitative estimate of drug-likeness (QED) is 0.760. The van der Waals surface area contributed by atoms with Crippen LogP contribution in [0.15, 0.2) is 24.3 Å². The molecular weight excluding hydrogens is 276 g/mol. The minimum Gasteiger partial charge on any atom is -0.481 e. The summed E-state index contributed by atoms with van der Waals surface area (Å²) in [6.45, 7) is 8.54. The predicted octanol–water partition coefficient (Wildman–Crippen LogP) is 3.29. The highest BCUT2D eigenvalue weighted by atomic mass is 16.4. The predicted molar refractivity (Wildman–Crippen MR) is 92.7 cm³/mol. The number of benzene rings is 1. The lowest BCUT2D eigenvalue weighted by Crippen LogP contribution is -2.34. The lowest BCUT2D eigenvalue weighted by Gasteiger charge is -2.27. The zero-order chi connectivity index (χ0) is 16.7. The van der Waals surface area contributed by atoms with Gasteiger partial charge in [0, 0.05) is 18.8 Å². The van der Waals surface area contributed by atoms with Gasteiger partial charge in [0.05, 0.1) is 5.92 Å². The van der Waals surface area contributed by atoms with Crippen molar-refractivity contribution in [3.05, 3.63) is 29.8 Å². The van der Waals surface area contributed by atoms with E-state index in [2.05, 4.69) is 62.0 Å². The van der Waals surface area contributed by atoms with Crippen LogP contribution in [-0.4, -0.2) is 49.7 Å². The van der Waals surface area contributed by atoms with Crippen molar-refractivity contribution in [2.75, 3.05) is 38.6 Å². The molecule has 0 saturated carbocycles. The van der Waals surface area contributed by atoms with Crippen LogP contribution in [-0.2, 0) is 4.79 Å². The van der Waals surface area contributed by atoms with E-state index in [0.29, 0.717) is 12.5 Å². The van der Waals surface area contributed by atoms with E-state index in [9.17, 15) is 9.90 Å². The van der Waals surface area contributed by atoms with Gasteiger partial charge in [-0.1, -0.05) is 32.9 Å². The number of aliphatic carboxylic acids is 1. The molecule has 1 atom stereocenters. The Morgan fingerprint density at radius 3 is 2.14 bits per heavy atom. The molecule has 1 unspecified atom stereocenters.